The monoisotopic (exact) mass is 199 g/mol. The third kappa shape index (κ3) is 3.03. The molecule has 0 unspecified atom stereocenters. The van der Waals surface area contributed by atoms with Crippen LogP contribution in [-0.2, 0) is 9.36 Å². The third-order valence-corrected chi connectivity index (χ3v) is 2.32. The van der Waals surface area contributed by atoms with E-state index in [1.807, 2.05) is 0 Å². The molecular weight excluding hydrogens is 192 g/mol. The molecule has 0 saturated heterocycles. The Morgan fingerprint density at radius 1 is 1.64 bits per heavy atom. The van der Waals surface area contributed by atoms with Gasteiger partial charge >= 0.3 is 7.60 Å². The van der Waals surface area contributed by atoms with Crippen LogP contribution < -0.4 is 0 Å². The summed E-state index contributed by atoms with van der Waals surface area (Å²) in [5.41, 5.74) is 0.156. The fourth-order valence-electron chi connectivity index (χ4n) is 0.400. The highest BCUT2D eigenvalue weighted by Crippen LogP contribution is 2.45. The van der Waals surface area contributed by atoms with Crippen molar-refractivity contribution in [3.63, 3.8) is 0 Å². The summed E-state index contributed by atoms with van der Waals surface area (Å²) in [6, 6.07) is 0. The molecule has 11 heavy (non-hydrogen) atoms. The zero-order chi connectivity index (χ0) is 9.07. The maximum Gasteiger partial charge on any atom is 0.373 e. The highest BCUT2D eigenvalue weighted by Gasteiger charge is 2.23. The van der Waals surface area contributed by atoms with Crippen molar-refractivity contribution in [1.82, 2.24) is 4.90 Å². The minimum absolute atomic E-state index is 0.257. The normalized spacial score (nSPS) is 12.9. The summed E-state index contributed by atoms with van der Waals surface area (Å²) < 4.78 is 10.5. The van der Waals surface area contributed by atoms with Gasteiger partial charge in [0.15, 0.2) is 0 Å². The molecule has 0 aromatic heterocycles. The van der Waals surface area contributed by atoms with Crippen molar-refractivity contribution in [3.05, 3.63) is 11.0 Å². The van der Waals surface area contributed by atoms with Gasteiger partial charge in [-0.25, -0.2) is 0 Å². The van der Waals surface area contributed by atoms with Crippen LogP contribution in [0, 0.1) is 0 Å². The average molecular weight is 200 g/mol. The van der Waals surface area contributed by atoms with E-state index >= 15 is 0 Å². The average Bonchev–Trinajstić information content (AvgIpc) is 1.86. The molecule has 0 aromatic rings. The van der Waals surface area contributed by atoms with E-state index in [0.29, 0.717) is 10.4 Å². The Labute approximate surface area is 68.4 Å². The minimum atomic E-state index is -4.42. The van der Waals surface area contributed by atoms with E-state index < -0.39 is 13.0 Å². The molecule has 0 fully saturated rings. The first-order valence-corrected chi connectivity index (χ1v) is 4.53. The van der Waals surface area contributed by atoms with Crippen LogP contribution in [0.25, 0.3) is 0 Å². The number of halogens is 1. The van der Waals surface area contributed by atoms with Crippen molar-refractivity contribution in [2.45, 2.75) is 0 Å². The van der Waals surface area contributed by atoms with Crippen LogP contribution in [0.4, 0.5) is 0 Å². The van der Waals surface area contributed by atoms with E-state index in [4.69, 9.17) is 21.4 Å². The van der Waals surface area contributed by atoms with E-state index in [1.165, 1.54) is 7.05 Å². The van der Waals surface area contributed by atoms with E-state index in [9.17, 15) is 9.36 Å². The molecule has 0 saturated carbocycles. The number of amides is 1. The molecule has 0 bridgehead atoms. The Morgan fingerprint density at radius 3 is 2.18 bits per heavy atom. The molecule has 0 aliphatic heterocycles. The zero-order valence-corrected chi connectivity index (χ0v) is 7.29. The third-order valence-electron chi connectivity index (χ3n) is 0.916. The van der Waals surface area contributed by atoms with Crippen molar-refractivity contribution in [2.24, 2.45) is 0 Å². The standard InChI is InChI=1S/C4H7ClNO4P/c1-6(3-7)4(2-5)11(8,9)10/h2-3H,1H3,(H2,8,9,10). The van der Waals surface area contributed by atoms with Crippen molar-refractivity contribution >= 4 is 25.6 Å². The van der Waals surface area contributed by atoms with Gasteiger partial charge in [-0.2, -0.15) is 0 Å². The molecule has 0 aromatic carbocycles. The van der Waals surface area contributed by atoms with Gasteiger partial charge in [-0.05, 0) is 0 Å². The van der Waals surface area contributed by atoms with E-state index in [1.54, 1.807) is 0 Å². The number of hydrogen-bond acceptors (Lipinski definition) is 2. The van der Waals surface area contributed by atoms with Crippen LogP contribution in [0.15, 0.2) is 11.0 Å². The quantitative estimate of drug-likeness (QED) is 0.506. The molecule has 5 nitrogen and oxygen atoms in total. The summed E-state index contributed by atoms with van der Waals surface area (Å²) in [6.07, 6.45) is 0.257. The lowest BCUT2D eigenvalue weighted by atomic mass is 10.8. The van der Waals surface area contributed by atoms with Gasteiger partial charge in [-0.15, -0.1) is 0 Å². The molecule has 0 atom stereocenters. The van der Waals surface area contributed by atoms with Crippen LogP contribution >= 0.6 is 19.2 Å². The molecule has 0 heterocycles. The Kier molecular flexibility index (Phi) is 3.75. The first-order chi connectivity index (χ1) is 4.93. The highest BCUT2D eigenvalue weighted by molar-refractivity contribution is 7.56. The fraction of sp³-hybridized carbons (Fsp3) is 0.250. The topological polar surface area (TPSA) is 77.8 Å². The Bertz CT molecular complexity index is 222. The molecule has 1 amide bonds. The summed E-state index contributed by atoms with van der Waals surface area (Å²) in [6.45, 7) is 0. The predicted molar refractivity (Wildman–Crippen MR) is 39.8 cm³/mol. The second kappa shape index (κ2) is 3.88. The summed E-state index contributed by atoms with van der Waals surface area (Å²) in [7, 11) is -3.23. The first kappa shape index (κ1) is 10.7. The predicted octanol–water partition coefficient (Wildman–Crippen LogP) is 0.290. The smallest absolute Gasteiger partial charge is 0.320 e. The lowest BCUT2D eigenvalue weighted by Crippen LogP contribution is -2.14. The number of carbonyl (C=O) groups is 1. The molecule has 7 heteroatoms. The number of rotatable bonds is 3. The van der Waals surface area contributed by atoms with Gasteiger partial charge in [-0.1, -0.05) is 11.6 Å². The summed E-state index contributed by atoms with van der Waals surface area (Å²) in [4.78, 5) is 27.8. The second-order valence-electron chi connectivity index (χ2n) is 1.73. The Morgan fingerprint density at radius 2 is 2.09 bits per heavy atom. The van der Waals surface area contributed by atoms with Crippen LogP contribution in [0.2, 0.25) is 0 Å². The molecule has 2 N–H and O–H groups in total. The van der Waals surface area contributed by atoms with E-state index in [-0.39, 0.29) is 6.41 Å². The lowest BCUT2D eigenvalue weighted by molar-refractivity contribution is -0.115. The van der Waals surface area contributed by atoms with Gasteiger partial charge in [0.2, 0.25) is 6.41 Å². The second-order valence-corrected chi connectivity index (χ2v) is 3.49. The Hall–Kier alpha value is -0.350. The Balaban J connectivity index is 4.72. The van der Waals surface area contributed by atoms with Crippen molar-refractivity contribution < 1.29 is 19.1 Å². The van der Waals surface area contributed by atoms with Gasteiger partial charge in [0.05, 0.1) is 0 Å². The van der Waals surface area contributed by atoms with Gasteiger partial charge in [-0.3, -0.25) is 9.36 Å². The number of carbonyl (C=O) groups excluding carboxylic acids is 1. The maximum atomic E-state index is 10.5. The van der Waals surface area contributed by atoms with Crippen LogP contribution in [0.1, 0.15) is 0 Å². The zero-order valence-electron chi connectivity index (χ0n) is 5.64. The SMILES string of the molecule is CN(C=O)C(=CCl)P(=O)(O)O. The summed E-state index contributed by atoms with van der Waals surface area (Å²) in [5, 5.41) is 0. The van der Waals surface area contributed by atoms with Crippen LogP contribution in [-0.4, -0.2) is 28.1 Å². The van der Waals surface area contributed by atoms with Crippen molar-refractivity contribution in [2.75, 3.05) is 7.05 Å². The summed E-state index contributed by atoms with van der Waals surface area (Å²) >= 11 is 5.07. The molecular formula is C4H7ClNO4P. The molecule has 0 spiro atoms. The van der Waals surface area contributed by atoms with E-state index in [2.05, 4.69) is 0 Å². The van der Waals surface area contributed by atoms with Gasteiger partial charge in [0.1, 0.15) is 5.44 Å². The van der Waals surface area contributed by atoms with E-state index in [0.717, 1.165) is 0 Å². The molecule has 64 valence electrons. The molecule has 0 radical (unpaired) electrons. The fourth-order valence-corrected chi connectivity index (χ4v) is 1.52. The first-order valence-electron chi connectivity index (χ1n) is 2.48. The van der Waals surface area contributed by atoms with Gasteiger partial charge < -0.3 is 14.7 Å². The lowest BCUT2D eigenvalue weighted by Gasteiger charge is -2.14. The van der Waals surface area contributed by atoms with Crippen molar-refractivity contribution in [1.29, 1.82) is 0 Å². The molecule has 0 aliphatic carbocycles. The van der Waals surface area contributed by atoms with Gasteiger partial charge in [0, 0.05) is 12.6 Å². The van der Waals surface area contributed by atoms with Crippen molar-refractivity contribution in [3.8, 4) is 0 Å². The summed E-state index contributed by atoms with van der Waals surface area (Å²) in [5.74, 6) is 0. The number of nitrogens with zero attached hydrogens (tertiary/aromatic N) is 1. The maximum absolute atomic E-state index is 10.5. The largest absolute Gasteiger partial charge is 0.373 e. The van der Waals surface area contributed by atoms with Gasteiger partial charge in [0.25, 0.3) is 0 Å². The highest BCUT2D eigenvalue weighted by atomic mass is 35.5. The molecule has 0 rings (SSSR count). The van der Waals surface area contributed by atoms with Crippen LogP contribution in [0.3, 0.4) is 0 Å². The minimum Gasteiger partial charge on any atom is -0.320 e. The van der Waals surface area contributed by atoms with Crippen LogP contribution in [0.5, 0.6) is 0 Å². The molecule has 0 aliphatic rings. The number of hydrogen-bond donors (Lipinski definition) is 2.